The third-order valence-corrected chi connectivity index (χ3v) is 4.00. The molecule has 1 heterocycles. The molecule has 0 spiro atoms. The van der Waals surface area contributed by atoms with Crippen LogP contribution in [0.4, 0.5) is 5.82 Å². The molecular weight excluding hydrogens is 240 g/mol. The van der Waals surface area contributed by atoms with E-state index in [4.69, 9.17) is 5.73 Å². The molecule has 0 aromatic carbocycles. The molecule has 2 rings (SSSR count). The number of nitrogens with zero attached hydrogens (tertiary/aromatic N) is 1. The quantitative estimate of drug-likeness (QED) is 0.772. The summed E-state index contributed by atoms with van der Waals surface area (Å²) >= 11 is 0. The summed E-state index contributed by atoms with van der Waals surface area (Å²) in [5.41, 5.74) is 5.77. The van der Waals surface area contributed by atoms with E-state index in [1.165, 1.54) is 18.9 Å². The lowest BCUT2D eigenvalue weighted by Crippen LogP contribution is -2.49. The topological polar surface area (TPSA) is 83.8 Å². The standard InChI is InChI=1S/C14H24N4O/c1-3-11-16-12(7-13(19)17-11)18-14(9-15)6-4-5-10(2)8-14/h7,10H,3-6,8-9,15H2,1-2H3,(H2,16,17,18,19). The number of aromatic amines is 1. The van der Waals surface area contributed by atoms with E-state index < -0.39 is 0 Å². The maximum atomic E-state index is 11.6. The summed E-state index contributed by atoms with van der Waals surface area (Å²) in [4.78, 5) is 18.8. The van der Waals surface area contributed by atoms with E-state index in [1.54, 1.807) is 0 Å². The average Bonchev–Trinajstić information content (AvgIpc) is 2.38. The lowest BCUT2D eigenvalue weighted by Gasteiger charge is -2.40. The van der Waals surface area contributed by atoms with Crippen molar-refractivity contribution in [1.82, 2.24) is 9.97 Å². The highest BCUT2D eigenvalue weighted by molar-refractivity contribution is 5.37. The summed E-state index contributed by atoms with van der Waals surface area (Å²) in [6, 6.07) is 1.52. The maximum Gasteiger partial charge on any atom is 0.252 e. The SMILES string of the molecule is CCc1nc(NC2(CN)CCCC(C)C2)cc(=O)[nH]1. The molecule has 2 atom stereocenters. The van der Waals surface area contributed by atoms with Gasteiger partial charge >= 0.3 is 0 Å². The number of H-pyrrole nitrogens is 1. The fraction of sp³-hybridized carbons (Fsp3) is 0.714. The molecule has 19 heavy (non-hydrogen) atoms. The smallest absolute Gasteiger partial charge is 0.252 e. The number of nitrogens with one attached hydrogen (secondary N) is 2. The van der Waals surface area contributed by atoms with Gasteiger partial charge in [-0.05, 0) is 18.8 Å². The van der Waals surface area contributed by atoms with Crippen molar-refractivity contribution in [2.45, 2.75) is 51.5 Å². The Bertz CT molecular complexity index is 485. The highest BCUT2D eigenvalue weighted by Gasteiger charge is 2.34. The highest BCUT2D eigenvalue weighted by atomic mass is 16.1. The molecule has 2 unspecified atom stereocenters. The molecule has 5 heteroatoms. The minimum Gasteiger partial charge on any atom is -0.363 e. The van der Waals surface area contributed by atoms with E-state index in [0.29, 0.717) is 24.1 Å². The number of rotatable bonds is 4. The second-order valence-corrected chi connectivity index (χ2v) is 5.74. The first-order valence-electron chi connectivity index (χ1n) is 7.15. The van der Waals surface area contributed by atoms with Gasteiger partial charge in [-0.1, -0.05) is 26.7 Å². The normalized spacial score (nSPS) is 27.2. The van der Waals surface area contributed by atoms with Crippen molar-refractivity contribution < 1.29 is 0 Å². The van der Waals surface area contributed by atoms with Crippen molar-refractivity contribution in [3.63, 3.8) is 0 Å². The van der Waals surface area contributed by atoms with Crippen LogP contribution >= 0.6 is 0 Å². The van der Waals surface area contributed by atoms with Crippen molar-refractivity contribution in [3.8, 4) is 0 Å². The molecule has 1 saturated carbocycles. The van der Waals surface area contributed by atoms with Crippen molar-refractivity contribution in [1.29, 1.82) is 0 Å². The molecule has 0 radical (unpaired) electrons. The first-order valence-corrected chi connectivity index (χ1v) is 7.15. The Kier molecular flexibility index (Phi) is 4.24. The molecule has 0 aliphatic heterocycles. The van der Waals surface area contributed by atoms with Gasteiger partial charge in [-0.3, -0.25) is 4.79 Å². The lowest BCUT2D eigenvalue weighted by atomic mass is 9.76. The second kappa shape index (κ2) is 5.74. The van der Waals surface area contributed by atoms with Crippen LogP contribution in [0.3, 0.4) is 0 Å². The second-order valence-electron chi connectivity index (χ2n) is 5.74. The van der Waals surface area contributed by atoms with Gasteiger partial charge in [0.05, 0.1) is 5.54 Å². The largest absolute Gasteiger partial charge is 0.363 e. The Balaban J connectivity index is 2.22. The Labute approximate surface area is 114 Å². The minimum atomic E-state index is -0.108. The minimum absolute atomic E-state index is 0.106. The highest BCUT2D eigenvalue weighted by Crippen LogP contribution is 2.33. The van der Waals surface area contributed by atoms with E-state index >= 15 is 0 Å². The van der Waals surface area contributed by atoms with E-state index in [1.807, 2.05) is 6.92 Å². The van der Waals surface area contributed by atoms with Gasteiger partial charge in [-0.15, -0.1) is 0 Å². The zero-order valence-corrected chi connectivity index (χ0v) is 11.8. The summed E-state index contributed by atoms with van der Waals surface area (Å²) in [5.74, 6) is 2.03. The number of hydrogen-bond donors (Lipinski definition) is 3. The predicted molar refractivity (Wildman–Crippen MR) is 77.3 cm³/mol. The third-order valence-electron chi connectivity index (χ3n) is 4.00. The molecule has 4 N–H and O–H groups in total. The Morgan fingerprint density at radius 1 is 1.63 bits per heavy atom. The molecule has 1 aliphatic carbocycles. The number of aromatic nitrogens is 2. The van der Waals surface area contributed by atoms with Gasteiger partial charge in [-0.2, -0.15) is 0 Å². The molecule has 1 aromatic rings. The molecule has 106 valence electrons. The molecule has 1 aromatic heterocycles. The Hall–Kier alpha value is -1.36. The zero-order valence-electron chi connectivity index (χ0n) is 11.8. The van der Waals surface area contributed by atoms with Gasteiger partial charge in [-0.25, -0.2) is 4.98 Å². The molecule has 0 bridgehead atoms. The van der Waals surface area contributed by atoms with E-state index in [2.05, 4.69) is 22.2 Å². The molecular formula is C14H24N4O. The van der Waals surface area contributed by atoms with Crippen molar-refractivity contribution in [2.75, 3.05) is 11.9 Å². The first-order chi connectivity index (χ1) is 9.07. The summed E-state index contributed by atoms with van der Waals surface area (Å²) in [5, 5.41) is 3.43. The average molecular weight is 264 g/mol. The van der Waals surface area contributed by atoms with Crippen LogP contribution in [-0.4, -0.2) is 22.1 Å². The van der Waals surface area contributed by atoms with E-state index in [-0.39, 0.29) is 11.1 Å². The number of hydrogen-bond acceptors (Lipinski definition) is 4. The van der Waals surface area contributed by atoms with Crippen LogP contribution in [0.25, 0.3) is 0 Å². The van der Waals surface area contributed by atoms with Crippen LogP contribution in [0.5, 0.6) is 0 Å². The van der Waals surface area contributed by atoms with Gasteiger partial charge in [0.25, 0.3) is 5.56 Å². The maximum absolute atomic E-state index is 11.6. The van der Waals surface area contributed by atoms with Gasteiger partial charge < -0.3 is 16.0 Å². The van der Waals surface area contributed by atoms with Gasteiger partial charge in [0.2, 0.25) is 0 Å². The Morgan fingerprint density at radius 2 is 2.42 bits per heavy atom. The number of aryl methyl sites for hydroxylation is 1. The fourth-order valence-corrected chi connectivity index (χ4v) is 3.02. The van der Waals surface area contributed by atoms with Gasteiger partial charge in [0, 0.05) is 19.0 Å². The molecule has 0 amide bonds. The van der Waals surface area contributed by atoms with E-state index in [9.17, 15) is 4.79 Å². The summed E-state index contributed by atoms with van der Waals surface area (Å²) in [6.45, 7) is 4.81. The number of anilines is 1. The summed E-state index contributed by atoms with van der Waals surface area (Å²) in [6.07, 6.45) is 5.24. The van der Waals surface area contributed by atoms with Gasteiger partial charge in [0.15, 0.2) is 0 Å². The third kappa shape index (κ3) is 3.35. The number of nitrogens with two attached hydrogens (primary N) is 1. The molecule has 0 saturated heterocycles. The van der Waals surface area contributed by atoms with Crippen molar-refractivity contribution >= 4 is 5.82 Å². The van der Waals surface area contributed by atoms with Crippen LogP contribution in [0, 0.1) is 5.92 Å². The molecule has 1 aliphatic rings. The Morgan fingerprint density at radius 3 is 3.05 bits per heavy atom. The van der Waals surface area contributed by atoms with Crippen molar-refractivity contribution in [3.05, 3.63) is 22.2 Å². The van der Waals surface area contributed by atoms with Crippen LogP contribution in [0.15, 0.2) is 10.9 Å². The molecule has 1 fully saturated rings. The first kappa shape index (κ1) is 14.1. The molecule has 5 nitrogen and oxygen atoms in total. The van der Waals surface area contributed by atoms with Gasteiger partial charge in [0.1, 0.15) is 11.6 Å². The van der Waals surface area contributed by atoms with Crippen molar-refractivity contribution in [2.24, 2.45) is 11.7 Å². The van der Waals surface area contributed by atoms with E-state index in [0.717, 1.165) is 19.3 Å². The summed E-state index contributed by atoms with van der Waals surface area (Å²) in [7, 11) is 0. The zero-order chi connectivity index (χ0) is 13.9. The predicted octanol–water partition coefficient (Wildman–Crippen LogP) is 1.65. The lowest BCUT2D eigenvalue weighted by molar-refractivity contribution is 0.263. The fourth-order valence-electron chi connectivity index (χ4n) is 3.02. The van der Waals surface area contributed by atoms with Crippen LogP contribution < -0.4 is 16.6 Å². The van der Waals surface area contributed by atoms with Crippen LogP contribution in [0.1, 0.15) is 45.4 Å². The monoisotopic (exact) mass is 264 g/mol. The summed E-state index contributed by atoms with van der Waals surface area (Å²) < 4.78 is 0. The van der Waals surface area contributed by atoms with Crippen LogP contribution in [-0.2, 0) is 6.42 Å². The van der Waals surface area contributed by atoms with Crippen LogP contribution in [0.2, 0.25) is 0 Å².